The predicted molar refractivity (Wildman–Crippen MR) is 140 cm³/mol. The Morgan fingerprint density at radius 1 is 1.08 bits per heavy atom. The third-order valence-electron chi connectivity index (χ3n) is 6.33. The van der Waals surface area contributed by atoms with Crippen LogP contribution in [0.1, 0.15) is 54.2 Å². The molecular formula is C28H31N5O4. The fraction of sp³-hybridized carbons (Fsp3) is 0.321. The van der Waals surface area contributed by atoms with Gasteiger partial charge in [-0.3, -0.25) is 24.3 Å². The van der Waals surface area contributed by atoms with Gasteiger partial charge in [0.05, 0.1) is 0 Å². The third kappa shape index (κ3) is 6.49. The van der Waals surface area contributed by atoms with Gasteiger partial charge in [0.1, 0.15) is 11.8 Å². The summed E-state index contributed by atoms with van der Waals surface area (Å²) in [4.78, 5) is 45.6. The summed E-state index contributed by atoms with van der Waals surface area (Å²) < 4.78 is 4.96. The van der Waals surface area contributed by atoms with E-state index in [2.05, 4.69) is 20.8 Å². The van der Waals surface area contributed by atoms with E-state index in [-0.39, 0.29) is 17.8 Å². The smallest absolute Gasteiger partial charge is 0.252 e. The van der Waals surface area contributed by atoms with Gasteiger partial charge < -0.3 is 15.2 Å². The second kappa shape index (κ2) is 11.6. The molecule has 2 aromatic heterocycles. The first-order chi connectivity index (χ1) is 17.8. The van der Waals surface area contributed by atoms with Crippen LogP contribution in [0.4, 0.5) is 11.5 Å². The van der Waals surface area contributed by atoms with Gasteiger partial charge in [0, 0.05) is 47.9 Å². The Morgan fingerprint density at radius 2 is 1.86 bits per heavy atom. The van der Waals surface area contributed by atoms with Crippen molar-refractivity contribution >= 4 is 29.2 Å². The highest BCUT2D eigenvalue weighted by molar-refractivity contribution is 6.10. The van der Waals surface area contributed by atoms with Gasteiger partial charge in [0.15, 0.2) is 5.82 Å². The minimum atomic E-state index is -0.979. The molecule has 0 spiro atoms. The van der Waals surface area contributed by atoms with E-state index in [4.69, 9.17) is 4.52 Å². The van der Waals surface area contributed by atoms with Crippen LogP contribution in [0.15, 0.2) is 65.5 Å². The Balaban J connectivity index is 1.70. The lowest BCUT2D eigenvalue weighted by molar-refractivity contribution is -0.125. The van der Waals surface area contributed by atoms with E-state index in [1.165, 1.54) is 4.90 Å². The van der Waals surface area contributed by atoms with Gasteiger partial charge in [0.25, 0.3) is 5.91 Å². The summed E-state index contributed by atoms with van der Waals surface area (Å²) in [6.45, 7) is 5.51. The number of carbonyl (C=O) groups is 3. The predicted octanol–water partition coefficient (Wildman–Crippen LogP) is 4.32. The molecule has 4 rings (SSSR count). The van der Waals surface area contributed by atoms with Gasteiger partial charge >= 0.3 is 0 Å². The van der Waals surface area contributed by atoms with Crippen LogP contribution in [0.3, 0.4) is 0 Å². The van der Waals surface area contributed by atoms with Crippen molar-refractivity contribution in [3.63, 3.8) is 0 Å². The standard InChI is InChI=1S/C28H31N5O4/c1-18-10-11-19(2)23(15-18)33(26(35)13-12-25(34)31-24-16-20(3)37-32-24)27(21-7-6-14-29-17-21)28(36)30-22-8-4-5-9-22/h6-7,10-17,22,27H,4-5,8-9H2,1-3H3,(H,30,36)(H,31,32,34)/b13-12+/t27-/m0/s1. The molecule has 1 fully saturated rings. The van der Waals surface area contributed by atoms with Gasteiger partial charge in [0.2, 0.25) is 11.8 Å². The van der Waals surface area contributed by atoms with Gasteiger partial charge in [-0.1, -0.05) is 36.2 Å². The molecule has 3 amide bonds. The molecule has 0 unspecified atom stereocenters. The summed E-state index contributed by atoms with van der Waals surface area (Å²) in [7, 11) is 0. The molecular weight excluding hydrogens is 470 g/mol. The first-order valence-electron chi connectivity index (χ1n) is 12.3. The number of hydrogen-bond acceptors (Lipinski definition) is 6. The Morgan fingerprint density at radius 3 is 2.54 bits per heavy atom. The number of hydrogen-bond donors (Lipinski definition) is 2. The summed E-state index contributed by atoms with van der Waals surface area (Å²) in [5, 5.41) is 9.42. The lowest BCUT2D eigenvalue weighted by Gasteiger charge is -2.32. The quantitative estimate of drug-likeness (QED) is 0.444. The molecule has 1 aliphatic carbocycles. The summed E-state index contributed by atoms with van der Waals surface area (Å²) in [5.41, 5.74) is 2.90. The SMILES string of the molecule is Cc1ccc(C)c(N(C(=O)/C=C/C(=O)Nc2cc(C)on2)[C@H](C(=O)NC2CCCC2)c2cccnc2)c1. The van der Waals surface area contributed by atoms with Crippen molar-refractivity contribution in [3.8, 4) is 0 Å². The molecule has 0 aliphatic heterocycles. The fourth-order valence-electron chi connectivity index (χ4n) is 4.49. The largest absolute Gasteiger partial charge is 0.360 e. The van der Waals surface area contributed by atoms with Crippen LogP contribution in [-0.2, 0) is 14.4 Å². The Labute approximate surface area is 215 Å². The number of aryl methyl sites for hydroxylation is 3. The molecule has 2 N–H and O–H groups in total. The highest BCUT2D eigenvalue weighted by atomic mass is 16.5. The second-order valence-corrected chi connectivity index (χ2v) is 9.32. The van der Waals surface area contributed by atoms with Crippen LogP contribution in [-0.4, -0.2) is 33.9 Å². The molecule has 37 heavy (non-hydrogen) atoms. The zero-order valence-electron chi connectivity index (χ0n) is 21.2. The van der Waals surface area contributed by atoms with Crippen LogP contribution < -0.4 is 15.5 Å². The van der Waals surface area contributed by atoms with Crippen molar-refractivity contribution < 1.29 is 18.9 Å². The second-order valence-electron chi connectivity index (χ2n) is 9.32. The number of carbonyl (C=O) groups excluding carboxylic acids is 3. The number of nitrogens with one attached hydrogen (secondary N) is 2. The number of anilines is 2. The van der Waals surface area contributed by atoms with Crippen molar-refractivity contribution in [2.75, 3.05) is 10.2 Å². The maximum atomic E-state index is 13.7. The van der Waals surface area contributed by atoms with Crippen molar-refractivity contribution in [2.24, 2.45) is 0 Å². The molecule has 1 aromatic carbocycles. The average molecular weight is 502 g/mol. The van der Waals surface area contributed by atoms with E-state index < -0.39 is 17.9 Å². The molecule has 1 atom stereocenters. The van der Waals surface area contributed by atoms with E-state index in [1.54, 1.807) is 37.5 Å². The molecule has 0 saturated heterocycles. The fourth-order valence-corrected chi connectivity index (χ4v) is 4.49. The highest BCUT2D eigenvalue weighted by Gasteiger charge is 2.34. The summed E-state index contributed by atoms with van der Waals surface area (Å²) in [6, 6.07) is 9.89. The number of amides is 3. The summed E-state index contributed by atoms with van der Waals surface area (Å²) >= 11 is 0. The van der Waals surface area contributed by atoms with Gasteiger partial charge in [-0.05, 0) is 56.9 Å². The van der Waals surface area contributed by atoms with E-state index in [9.17, 15) is 14.4 Å². The van der Waals surface area contributed by atoms with Crippen LogP contribution in [0.25, 0.3) is 0 Å². The van der Waals surface area contributed by atoms with Crippen LogP contribution in [0, 0.1) is 20.8 Å². The molecule has 3 aromatic rings. The number of nitrogens with zero attached hydrogens (tertiary/aromatic N) is 3. The highest BCUT2D eigenvalue weighted by Crippen LogP contribution is 2.32. The topological polar surface area (TPSA) is 117 Å². The van der Waals surface area contributed by atoms with Crippen LogP contribution in [0.2, 0.25) is 0 Å². The van der Waals surface area contributed by atoms with Crippen molar-refractivity contribution in [2.45, 2.75) is 58.5 Å². The van der Waals surface area contributed by atoms with Gasteiger partial charge in [-0.25, -0.2) is 0 Å². The third-order valence-corrected chi connectivity index (χ3v) is 6.33. The molecule has 0 radical (unpaired) electrons. The minimum absolute atomic E-state index is 0.0643. The number of rotatable bonds is 8. The summed E-state index contributed by atoms with van der Waals surface area (Å²) in [5.74, 6) is -0.559. The molecule has 0 bridgehead atoms. The van der Waals surface area contributed by atoms with E-state index in [1.807, 2.05) is 32.0 Å². The lowest BCUT2D eigenvalue weighted by Crippen LogP contribution is -2.46. The maximum Gasteiger partial charge on any atom is 0.252 e. The Bertz CT molecular complexity index is 1290. The van der Waals surface area contributed by atoms with Gasteiger partial charge in [-0.15, -0.1) is 0 Å². The van der Waals surface area contributed by atoms with Crippen LogP contribution in [0.5, 0.6) is 0 Å². The molecule has 1 aliphatic rings. The molecule has 9 nitrogen and oxygen atoms in total. The van der Waals surface area contributed by atoms with E-state index in [0.29, 0.717) is 17.0 Å². The average Bonchev–Trinajstić information content (AvgIpc) is 3.54. The maximum absolute atomic E-state index is 13.7. The zero-order chi connectivity index (χ0) is 26.4. The van der Waals surface area contributed by atoms with Crippen molar-refractivity contribution in [1.29, 1.82) is 0 Å². The molecule has 192 valence electrons. The number of benzene rings is 1. The van der Waals surface area contributed by atoms with Crippen molar-refractivity contribution in [1.82, 2.24) is 15.5 Å². The molecule has 1 saturated carbocycles. The Hall–Kier alpha value is -4.27. The minimum Gasteiger partial charge on any atom is -0.360 e. The molecule has 2 heterocycles. The first kappa shape index (κ1) is 25.8. The van der Waals surface area contributed by atoms with Crippen molar-refractivity contribution in [3.05, 3.63) is 83.4 Å². The van der Waals surface area contributed by atoms with E-state index in [0.717, 1.165) is 49.0 Å². The van der Waals surface area contributed by atoms with Crippen LogP contribution >= 0.6 is 0 Å². The lowest BCUT2D eigenvalue weighted by atomic mass is 10.0. The van der Waals surface area contributed by atoms with E-state index >= 15 is 0 Å². The zero-order valence-corrected chi connectivity index (χ0v) is 21.2. The monoisotopic (exact) mass is 501 g/mol. The number of aromatic nitrogens is 2. The first-order valence-corrected chi connectivity index (χ1v) is 12.3. The Kier molecular flexibility index (Phi) is 8.12. The van der Waals surface area contributed by atoms with Gasteiger partial charge in [-0.2, -0.15) is 0 Å². The molecule has 9 heteroatoms. The number of pyridine rings is 1. The normalized spacial score (nSPS) is 14.5. The summed E-state index contributed by atoms with van der Waals surface area (Å²) in [6.07, 6.45) is 9.43.